The molecule has 0 amide bonds. The summed E-state index contributed by atoms with van der Waals surface area (Å²) in [6.45, 7) is 0. The highest BCUT2D eigenvalue weighted by molar-refractivity contribution is 7.98. The van der Waals surface area contributed by atoms with E-state index in [0.717, 1.165) is 5.56 Å². The van der Waals surface area contributed by atoms with Gasteiger partial charge in [0.15, 0.2) is 0 Å². The molecular formula is C13H9ClFNO2S. The number of pyridine rings is 1. The predicted octanol–water partition coefficient (Wildman–Crippen LogP) is 3.86. The van der Waals surface area contributed by atoms with Crippen molar-refractivity contribution in [2.75, 3.05) is 0 Å². The number of hydrogen-bond acceptors (Lipinski definition) is 3. The van der Waals surface area contributed by atoms with Crippen molar-refractivity contribution in [1.29, 1.82) is 0 Å². The molecule has 0 unspecified atom stereocenters. The maximum atomic E-state index is 13.0. The molecular weight excluding hydrogens is 289 g/mol. The van der Waals surface area contributed by atoms with Crippen LogP contribution in [-0.4, -0.2) is 16.1 Å². The minimum absolute atomic E-state index is 0.0744. The zero-order valence-corrected chi connectivity index (χ0v) is 11.2. The van der Waals surface area contributed by atoms with E-state index in [9.17, 15) is 9.18 Å². The zero-order valence-electron chi connectivity index (χ0n) is 9.64. The Balaban J connectivity index is 2.07. The van der Waals surface area contributed by atoms with Crippen LogP contribution < -0.4 is 0 Å². The van der Waals surface area contributed by atoms with E-state index in [1.807, 2.05) is 0 Å². The number of carboxylic acid groups (broad SMARTS) is 1. The molecule has 0 atom stereocenters. The number of thioether (sulfide) groups is 1. The minimum Gasteiger partial charge on any atom is -0.478 e. The van der Waals surface area contributed by atoms with Crippen LogP contribution in [0.4, 0.5) is 4.39 Å². The van der Waals surface area contributed by atoms with Gasteiger partial charge in [-0.15, -0.1) is 11.8 Å². The maximum absolute atomic E-state index is 13.0. The summed E-state index contributed by atoms with van der Waals surface area (Å²) in [5, 5.41) is 9.54. The van der Waals surface area contributed by atoms with Crippen molar-refractivity contribution in [3.05, 3.63) is 58.5 Å². The van der Waals surface area contributed by atoms with E-state index in [4.69, 9.17) is 16.7 Å². The fraction of sp³-hybridized carbons (Fsp3) is 0.0769. The summed E-state index contributed by atoms with van der Waals surface area (Å²) in [4.78, 5) is 14.9. The Morgan fingerprint density at radius 3 is 2.84 bits per heavy atom. The molecule has 0 saturated carbocycles. The first-order valence-electron chi connectivity index (χ1n) is 5.32. The number of carbonyl (C=O) groups is 1. The van der Waals surface area contributed by atoms with Gasteiger partial charge >= 0.3 is 5.97 Å². The highest BCUT2D eigenvalue weighted by atomic mass is 35.5. The van der Waals surface area contributed by atoms with Crippen molar-refractivity contribution in [2.24, 2.45) is 0 Å². The van der Waals surface area contributed by atoms with E-state index in [-0.39, 0.29) is 10.6 Å². The molecule has 2 aromatic rings. The number of hydrogen-bond donors (Lipinski definition) is 1. The molecule has 19 heavy (non-hydrogen) atoms. The molecule has 0 spiro atoms. The second-order valence-corrected chi connectivity index (χ2v) is 5.13. The lowest BCUT2D eigenvalue weighted by Gasteiger charge is -2.03. The lowest BCUT2D eigenvalue weighted by Crippen LogP contribution is -1.96. The van der Waals surface area contributed by atoms with Gasteiger partial charge in [-0.2, -0.15) is 0 Å². The molecule has 1 N–H and O–H groups in total. The van der Waals surface area contributed by atoms with Gasteiger partial charge in [0.05, 0.1) is 15.6 Å². The molecule has 98 valence electrons. The Morgan fingerprint density at radius 2 is 2.16 bits per heavy atom. The van der Waals surface area contributed by atoms with Crippen molar-refractivity contribution in [2.45, 2.75) is 10.8 Å². The van der Waals surface area contributed by atoms with E-state index in [2.05, 4.69) is 4.98 Å². The number of carboxylic acids is 1. The van der Waals surface area contributed by atoms with E-state index < -0.39 is 11.8 Å². The fourth-order valence-electron chi connectivity index (χ4n) is 1.41. The van der Waals surface area contributed by atoms with E-state index in [0.29, 0.717) is 10.8 Å². The third kappa shape index (κ3) is 3.68. The fourth-order valence-corrected chi connectivity index (χ4v) is 2.45. The second-order valence-electron chi connectivity index (χ2n) is 3.73. The SMILES string of the molecule is O=C(O)c1ccnc(SCc2ccc(F)c(Cl)c2)c1. The lowest BCUT2D eigenvalue weighted by atomic mass is 10.2. The Kier molecular flexibility index (Phi) is 4.39. The number of aromatic carboxylic acids is 1. The molecule has 0 saturated heterocycles. The lowest BCUT2D eigenvalue weighted by molar-refractivity contribution is 0.0696. The number of aromatic nitrogens is 1. The number of nitrogens with zero attached hydrogens (tertiary/aromatic N) is 1. The third-order valence-corrected chi connectivity index (χ3v) is 3.64. The Hall–Kier alpha value is -1.59. The van der Waals surface area contributed by atoms with Gasteiger partial charge in [-0.1, -0.05) is 17.7 Å². The third-order valence-electron chi connectivity index (χ3n) is 2.35. The van der Waals surface area contributed by atoms with E-state index in [1.165, 1.54) is 36.2 Å². The molecule has 0 bridgehead atoms. The average molecular weight is 298 g/mol. The maximum Gasteiger partial charge on any atom is 0.335 e. The molecule has 2 rings (SSSR count). The van der Waals surface area contributed by atoms with Crippen LogP contribution in [-0.2, 0) is 5.75 Å². The molecule has 1 aromatic heterocycles. The molecule has 0 aliphatic carbocycles. The van der Waals surface area contributed by atoms with Crippen LogP contribution in [0.15, 0.2) is 41.6 Å². The number of rotatable bonds is 4. The molecule has 1 aromatic carbocycles. The van der Waals surface area contributed by atoms with Gasteiger partial charge in [-0.05, 0) is 29.8 Å². The molecule has 0 fully saturated rings. The molecule has 6 heteroatoms. The highest BCUT2D eigenvalue weighted by Crippen LogP contribution is 2.24. The molecule has 0 radical (unpaired) electrons. The van der Waals surface area contributed by atoms with Crippen LogP contribution in [0, 0.1) is 5.82 Å². The monoisotopic (exact) mass is 297 g/mol. The van der Waals surface area contributed by atoms with Gasteiger partial charge in [0.25, 0.3) is 0 Å². The molecule has 0 aliphatic rings. The van der Waals surface area contributed by atoms with Crippen molar-refractivity contribution in [3.8, 4) is 0 Å². The van der Waals surface area contributed by atoms with Gasteiger partial charge in [0.2, 0.25) is 0 Å². The van der Waals surface area contributed by atoms with Crippen molar-refractivity contribution in [1.82, 2.24) is 4.98 Å². The quantitative estimate of drug-likeness (QED) is 0.871. The summed E-state index contributed by atoms with van der Waals surface area (Å²) in [5.41, 5.74) is 1.04. The number of benzene rings is 1. The summed E-state index contributed by atoms with van der Waals surface area (Å²) in [7, 11) is 0. The summed E-state index contributed by atoms with van der Waals surface area (Å²) in [6, 6.07) is 7.42. The number of halogens is 2. The topological polar surface area (TPSA) is 50.2 Å². The van der Waals surface area contributed by atoms with Crippen LogP contribution in [0.5, 0.6) is 0 Å². The largest absolute Gasteiger partial charge is 0.478 e. The minimum atomic E-state index is -0.992. The standard InChI is InChI=1S/C13H9ClFNO2S/c14-10-5-8(1-2-11(10)15)7-19-12-6-9(13(17)18)3-4-16-12/h1-6H,7H2,(H,17,18). The Morgan fingerprint density at radius 1 is 1.37 bits per heavy atom. The average Bonchev–Trinajstić information content (AvgIpc) is 2.40. The Bertz CT molecular complexity index is 621. The molecule has 3 nitrogen and oxygen atoms in total. The van der Waals surface area contributed by atoms with Crippen LogP contribution in [0.2, 0.25) is 5.02 Å². The van der Waals surface area contributed by atoms with Crippen LogP contribution in [0.1, 0.15) is 15.9 Å². The van der Waals surface area contributed by atoms with Gasteiger partial charge < -0.3 is 5.11 Å². The van der Waals surface area contributed by atoms with Gasteiger partial charge in [0.1, 0.15) is 5.82 Å². The van der Waals surface area contributed by atoms with Crippen LogP contribution in [0.25, 0.3) is 0 Å². The zero-order chi connectivity index (χ0) is 13.8. The first kappa shape index (κ1) is 13.8. The smallest absolute Gasteiger partial charge is 0.335 e. The first-order valence-corrected chi connectivity index (χ1v) is 6.68. The van der Waals surface area contributed by atoms with Crippen molar-refractivity contribution in [3.63, 3.8) is 0 Å². The predicted molar refractivity (Wildman–Crippen MR) is 72.2 cm³/mol. The van der Waals surface area contributed by atoms with Gasteiger partial charge in [-0.3, -0.25) is 0 Å². The second kappa shape index (κ2) is 6.04. The van der Waals surface area contributed by atoms with E-state index >= 15 is 0 Å². The summed E-state index contributed by atoms with van der Waals surface area (Å²) in [5.74, 6) is -0.911. The van der Waals surface area contributed by atoms with Crippen molar-refractivity contribution >= 4 is 29.3 Å². The van der Waals surface area contributed by atoms with Crippen LogP contribution >= 0.6 is 23.4 Å². The van der Waals surface area contributed by atoms with Gasteiger partial charge in [0, 0.05) is 11.9 Å². The van der Waals surface area contributed by atoms with Gasteiger partial charge in [-0.25, -0.2) is 14.2 Å². The normalized spacial score (nSPS) is 10.4. The highest BCUT2D eigenvalue weighted by Gasteiger charge is 2.06. The molecule has 0 aliphatic heterocycles. The van der Waals surface area contributed by atoms with E-state index in [1.54, 1.807) is 12.1 Å². The van der Waals surface area contributed by atoms with Crippen molar-refractivity contribution < 1.29 is 14.3 Å². The van der Waals surface area contributed by atoms with Crippen LogP contribution in [0.3, 0.4) is 0 Å². The first-order chi connectivity index (χ1) is 9.06. The summed E-state index contributed by atoms with van der Waals surface area (Å²) in [6.07, 6.45) is 1.45. The summed E-state index contributed by atoms with van der Waals surface area (Å²) < 4.78 is 13.0. The molecule has 1 heterocycles. The Labute approximate surface area is 118 Å². The summed E-state index contributed by atoms with van der Waals surface area (Å²) >= 11 is 7.05.